The van der Waals surface area contributed by atoms with Gasteiger partial charge in [0.25, 0.3) is 0 Å². The van der Waals surface area contributed by atoms with E-state index in [4.69, 9.17) is 0 Å². The topological polar surface area (TPSA) is 57.7 Å². The second-order valence-electron chi connectivity index (χ2n) is 6.27. The molecule has 5 nitrogen and oxygen atoms in total. The number of hydrogen-bond donors (Lipinski definition) is 0. The molecule has 1 aliphatic carbocycles. The summed E-state index contributed by atoms with van der Waals surface area (Å²) in [6.45, 7) is 5.48. The summed E-state index contributed by atoms with van der Waals surface area (Å²) >= 11 is 0. The third-order valence-corrected chi connectivity index (χ3v) is 6.48. The Kier molecular flexibility index (Phi) is 3.99. The number of benzene rings is 1. The van der Waals surface area contributed by atoms with Crippen LogP contribution < -0.4 is 0 Å². The van der Waals surface area contributed by atoms with Crippen molar-refractivity contribution in [2.75, 3.05) is 26.2 Å². The summed E-state index contributed by atoms with van der Waals surface area (Å²) < 4.78 is 27.1. The maximum Gasteiger partial charge on any atom is 0.243 e. The zero-order valence-corrected chi connectivity index (χ0v) is 13.9. The fourth-order valence-corrected chi connectivity index (χ4v) is 4.59. The lowest BCUT2D eigenvalue weighted by molar-refractivity contribution is -0.133. The molecule has 3 rings (SSSR count). The third-order valence-electron chi connectivity index (χ3n) is 4.44. The van der Waals surface area contributed by atoms with Crippen LogP contribution in [0.2, 0.25) is 0 Å². The van der Waals surface area contributed by atoms with Crippen LogP contribution in [0, 0.1) is 19.8 Å². The Bertz CT molecular complexity index is 687. The van der Waals surface area contributed by atoms with Gasteiger partial charge in [-0.15, -0.1) is 0 Å². The van der Waals surface area contributed by atoms with Crippen LogP contribution in [0.3, 0.4) is 0 Å². The van der Waals surface area contributed by atoms with E-state index in [-0.39, 0.29) is 11.8 Å². The number of sulfonamides is 1. The van der Waals surface area contributed by atoms with Gasteiger partial charge in [0.2, 0.25) is 15.9 Å². The first-order valence-corrected chi connectivity index (χ1v) is 9.20. The van der Waals surface area contributed by atoms with E-state index in [1.165, 1.54) is 4.31 Å². The zero-order valence-electron chi connectivity index (χ0n) is 13.1. The molecule has 120 valence electrons. The lowest BCUT2D eigenvalue weighted by Gasteiger charge is -2.34. The van der Waals surface area contributed by atoms with Gasteiger partial charge in [-0.05, 0) is 43.9 Å². The van der Waals surface area contributed by atoms with Gasteiger partial charge >= 0.3 is 0 Å². The maximum absolute atomic E-state index is 12.8. The second kappa shape index (κ2) is 5.66. The van der Waals surface area contributed by atoms with E-state index in [0.717, 1.165) is 24.0 Å². The van der Waals surface area contributed by atoms with Crippen molar-refractivity contribution in [3.63, 3.8) is 0 Å². The first-order chi connectivity index (χ1) is 10.4. The summed E-state index contributed by atoms with van der Waals surface area (Å²) in [6.07, 6.45) is 1.97. The molecule has 0 N–H and O–H groups in total. The first-order valence-electron chi connectivity index (χ1n) is 7.76. The van der Waals surface area contributed by atoms with E-state index in [0.29, 0.717) is 31.1 Å². The molecule has 1 aliphatic heterocycles. The lowest BCUT2D eigenvalue weighted by Crippen LogP contribution is -2.51. The van der Waals surface area contributed by atoms with Gasteiger partial charge in [-0.2, -0.15) is 4.31 Å². The van der Waals surface area contributed by atoms with Crippen molar-refractivity contribution >= 4 is 15.9 Å². The van der Waals surface area contributed by atoms with Crippen LogP contribution in [0.1, 0.15) is 24.0 Å². The molecule has 6 heteroatoms. The average Bonchev–Trinajstić information content (AvgIpc) is 3.34. The molecule has 1 heterocycles. The smallest absolute Gasteiger partial charge is 0.243 e. The molecule has 0 radical (unpaired) electrons. The number of aryl methyl sites for hydroxylation is 2. The van der Waals surface area contributed by atoms with Gasteiger partial charge in [0, 0.05) is 32.1 Å². The van der Waals surface area contributed by atoms with Crippen molar-refractivity contribution in [2.24, 2.45) is 5.92 Å². The van der Waals surface area contributed by atoms with E-state index in [2.05, 4.69) is 0 Å². The highest BCUT2D eigenvalue weighted by atomic mass is 32.2. The number of amides is 1. The Labute approximate surface area is 132 Å². The molecule has 2 fully saturated rings. The number of rotatable bonds is 3. The minimum absolute atomic E-state index is 0.196. The van der Waals surface area contributed by atoms with Gasteiger partial charge in [0.05, 0.1) is 4.90 Å². The zero-order chi connectivity index (χ0) is 15.9. The van der Waals surface area contributed by atoms with Crippen LogP contribution in [-0.4, -0.2) is 49.7 Å². The molecule has 0 spiro atoms. The number of carbonyl (C=O) groups is 1. The van der Waals surface area contributed by atoms with E-state index in [1.807, 2.05) is 30.9 Å². The van der Waals surface area contributed by atoms with E-state index >= 15 is 0 Å². The van der Waals surface area contributed by atoms with Gasteiger partial charge < -0.3 is 4.90 Å². The first kappa shape index (κ1) is 15.5. The molecule has 0 atom stereocenters. The van der Waals surface area contributed by atoms with Crippen molar-refractivity contribution in [3.8, 4) is 0 Å². The molecular formula is C16H22N2O3S. The minimum atomic E-state index is -3.47. The largest absolute Gasteiger partial charge is 0.340 e. The number of piperazine rings is 1. The molecule has 1 saturated heterocycles. The van der Waals surface area contributed by atoms with Crippen LogP contribution in [-0.2, 0) is 14.8 Å². The predicted octanol–water partition coefficient (Wildman–Crippen LogP) is 1.55. The van der Waals surface area contributed by atoms with Gasteiger partial charge in [-0.3, -0.25) is 4.79 Å². The highest BCUT2D eigenvalue weighted by Gasteiger charge is 2.36. The molecule has 22 heavy (non-hydrogen) atoms. The molecule has 0 unspecified atom stereocenters. The summed E-state index contributed by atoms with van der Waals surface area (Å²) in [4.78, 5) is 14.2. The Balaban J connectivity index is 1.74. The Morgan fingerprint density at radius 2 is 1.73 bits per heavy atom. The summed E-state index contributed by atoms with van der Waals surface area (Å²) in [5, 5.41) is 0. The highest BCUT2D eigenvalue weighted by molar-refractivity contribution is 7.89. The van der Waals surface area contributed by atoms with E-state index in [1.54, 1.807) is 6.07 Å². The Hall–Kier alpha value is -1.40. The van der Waals surface area contributed by atoms with Gasteiger partial charge in [-0.25, -0.2) is 8.42 Å². The van der Waals surface area contributed by atoms with Gasteiger partial charge in [0.15, 0.2) is 0 Å². The summed E-state index contributed by atoms with van der Waals surface area (Å²) in [7, 11) is -3.47. The van der Waals surface area contributed by atoms with Crippen LogP contribution in [0.4, 0.5) is 0 Å². The Morgan fingerprint density at radius 1 is 1.09 bits per heavy atom. The van der Waals surface area contributed by atoms with Crippen molar-refractivity contribution in [1.82, 2.24) is 9.21 Å². The van der Waals surface area contributed by atoms with Crippen LogP contribution >= 0.6 is 0 Å². The SMILES string of the molecule is Cc1ccc(C)c(S(=O)(=O)N2CCN(C(=O)C3CC3)CC2)c1. The van der Waals surface area contributed by atoms with Crippen molar-refractivity contribution in [1.29, 1.82) is 0 Å². The molecule has 1 aromatic carbocycles. The van der Waals surface area contributed by atoms with Crippen molar-refractivity contribution < 1.29 is 13.2 Å². The second-order valence-corrected chi connectivity index (χ2v) is 8.18. The monoisotopic (exact) mass is 322 g/mol. The molecule has 0 bridgehead atoms. The maximum atomic E-state index is 12.8. The van der Waals surface area contributed by atoms with Crippen LogP contribution in [0.15, 0.2) is 23.1 Å². The minimum Gasteiger partial charge on any atom is -0.340 e. The number of nitrogens with zero attached hydrogens (tertiary/aromatic N) is 2. The molecule has 1 amide bonds. The lowest BCUT2D eigenvalue weighted by atomic mass is 10.2. The highest BCUT2D eigenvalue weighted by Crippen LogP contribution is 2.31. The molecule has 2 aliphatic rings. The van der Waals surface area contributed by atoms with Crippen molar-refractivity contribution in [2.45, 2.75) is 31.6 Å². The Morgan fingerprint density at radius 3 is 2.32 bits per heavy atom. The number of hydrogen-bond acceptors (Lipinski definition) is 3. The van der Waals surface area contributed by atoms with Gasteiger partial charge in [-0.1, -0.05) is 12.1 Å². The van der Waals surface area contributed by atoms with Crippen LogP contribution in [0.25, 0.3) is 0 Å². The van der Waals surface area contributed by atoms with Crippen molar-refractivity contribution in [3.05, 3.63) is 29.3 Å². The fraction of sp³-hybridized carbons (Fsp3) is 0.562. The van der Waals surface area contributed by atoms with E-state index in [9.17, 15) is 13.2 Å². The molecule has 0 aromatic heterocycles. The molecular weight excluding hydrogens is 300 g/mol. The fourth-order valence-electron chi connectivity index (χ4n) is 2.86. The van der Waals surface area contributed by atoms with E-state index < -0.39 is 10.0 Å². The third kappa shape index (κ3) is 2.90. The molecule has 1 saturated carbocycles. The van der Waals surface area contributed by atoms with Crippen LogP contribution in [0.5, 0.6) is 0 Å². The molecule has 1 aromatic rings. The predicted molar refractivity (Wildman–Crippen MR) is 84.0 cm³/mol. The average molecular weight is 322 g/mol. The normalized spacial score (nSPS) is 20.2. The summed E-state index contributed by atoms with van der Waals surface area (Å²) in [5.41, 5.74) is 1.70. The summed E-state index contributed by atoms with van der Waals surface area (Å²) in [6, 6.07) is 5.49. The summed E-state index contributed by atoms with van der Waals surface area (Å²) in [5.74, 6) is 0.394. The quantitative estimate of drug-likeness (QED) is 0.848. The standard InChI is InChI=1S/C16H22N2O3S/c1-12-3-4-13(2)15(11-12)22(20,21)18-9-7-17(8-10-18)16(19)14-5-6-14/h3-4,11,14H,5-10H2,1-2H3. The number of carbonyl (C=O) groups excluding carboxylic acids is 1. The van der Waals surface area contributed by atoms with Gasteiger partial charge in [0.1, 0.15) is 0 Å².